The van der Waals surface area contributed by atoms with Crippen molar-refractivity contribution < 1.29 is 4.74 Å². The van der Waals surface area contributed by atoms with Crippen LogP contribution in [0.1, 0.15) is 80.4 Å². The van der Waals surface area contributed by atoms with E-state index in [1.807, 2.05) is 11.3 Å². The molecule has 1 fully saturated rings. The molecule has 1 unspecified atom stereocenters. The van der Waals surface area contributed by atoms with Gasteiger partial charge in [-0.25, -0.2) is 4.98 Å². The van der Waals surface area contributed by atoms with Gasteiger partial charge in [0.1, 0.15) is 10.6 Å². The molecule has 118 valence electrons. The number of hydrogen-bond donors (Lipinski definition) is 1. The Bertz CT molecular complexity index is 460. The predicted octanol–water partition coefficient (Wildman–Crippen LogP) is 4.33. The average Bonchev–Trinajstić information content (AvgIpc) is 2.95. The van der Waals surface area contributed by atoms with E-state index in [1.165, 1.54) is 47.7 Å². The van der Waals surface area contributed by atoms with E-state index in [1.54, 1.807) is 0 Å². The van der Waals surface area contributed by atoms with Crippen LogP contribution in [0.25, 0.3) is 0 Å². The van der Waals surface area contributed by atoms with Gasteiger partial charge >= 0.3 is 0 Å². The van der Waals surface area contributed by atoms with Crippen LogP contribution >= 0.6 is 11.3 Å². The Morgan fingerprint density at radius 2 is 2.05 bits per heavy atom. The van der Waals surface area contributed by atoms with Gasteiger partial charge in [-0.1, -0.05) is 26.2 Å². The SMILES string of the molecule is CCNC1CCCc2nc(C3(OCC)CCCCC3)sc21. The Kier molecular flexibility index (Phi) is 4.97. The fraction of sp³-hybridized carbons (Fsp3) is 0.824. The van der Waals surface area contributed by atoms with Crippen LogP contribution < -0.4 is 5.32 Å². The number of nitrogens with zero attached hydrogens (tertiary/aromatic N) is 1. The quantitative estimate of drug-likeness (QED) is 0.879. The van der Waals surface area contributed by atoms with Crippen LogP contribution in [-0.2, 0) is 16.8 Å². The zero-order valence-corrected chi connectivity index (χ0v) is 14.2. The third-order valence-corrected chi connectivity index (χ3v) is 6.27. The van der Waals surface area contributed by atoms with Gasteiger partial charge in [0.05, 0.1) is 5.69 Å². The Hall–Kier alpha value is -0.450. The maximum Gasteiger partial charge on any atom is 0.125 e. The summed E-state index contributed by atoms with van der Waals surface area (Å²) in [6.45, 7) is 6.14. The van der Waals surface area contributed by atoms with Crippen molar-refractivity contribution in [1.82, 2.24) is 10.3 Å². The molecule has 0 spiro atoms. The van der Waals surface area contributed by atoms with Crippen molar-refractivity contribution in [2.45, 2.75) is 76.9 Å². The Morgan fingerprint density at radius 1 is 1.24 bits per heavy atom. The highest BCUT2D eigenvalue weighted by Crippen LogP contribution is 2.45. The van der Waals surface area contributed by atoms with Gasteiger partial charge in [-0.3, -0.25) is 0 Å². The lowest BCUT2D eigenvalue weighted by Crippen LogP contribution is -2.32. The van der Waals surface area contributed by atoms with Gasteiger partial charge in [0.25, 0.3) is 0 Å². The summed E-state index contributed by atoms with van der Waals surface area (Å²) >= 11 is 1.93. The number of fused-ring (bicyclic) bond motifs is 1. The van der Waals surface area contributed by atoms with E-state index < -0.39 is 0 Å². The zero-order valence-electron chi connectivity index (χ0n) is 13.4. The minimum absolute atomic E-state index is 0.0776. The molecule has 0 amide bonds. The van der Waals surface area contributed by atoms with Crippen LogP contribution in [0.2, 0.25) is 0 Å². The number of hydrogen-bond acceptors (Lipinski definition) is 4. The molecule has 0 aromatic carbocycles. The number of ether oxygens (including phenoxy) is 1. The molecule has 1 heterocycles. The van der Waals surface area contributed by atoms with Crippen LogP contribution in [-0.4, -0.2) is 18.1 Å². The summed E-state index contributed by atoms with van der Waals surface area (Å²) in [5.41, 5.74) is 1.27. The second-order valence-corrected chi connectivity index (χ2v) is 7.35. The number of rotatable bonds is 5. The van der Waals surface area contributed by atoms with Crippen molar-refractivity contribution in [2.75, 3.05) is 13.2 Å². The summed E-state index contributed by atoms with van der Waals surface area (Å²) in [4.78, 5) is 6.54. The molecular weight excluding hydrogens is 280 g/mol. The van der Waals surface area contributed by atoms with Gasteiger partial charge in [0.2, 0.25) is 0 Å². The van der Waals surface area contributed by atoms with E-state index in [9.17, 15) is 0 Å². The molecular formula is C17H28N2OS. The van der Waals surface area contributed by atoms with E-state index in [2.05, 4.69) is 19.2 Å². The minimum atomic E-state index is -0.0776. The summed E-state index contributed by atoms with van der Waals surface area (Å²) in [7, 11) is 0. The second-order valence-electron chi connectivity index (χ2n) is 6.32. The summed E-state index contributed by atoms with van der Waals surface area (Å²) in [5, 5.41) is 4.89. The third kappa shape index (κ3) is 3.03. The van der Waals surface area contributed by atoms with E-state index in [0.29, 0.717) is 6.04 Å². The molecule has 3 nitrogen and oxygen atoms in total. The van der Waals surface area contributed by atoms with E-state index in [-0.39, 0.29) is 5.60 Å². The molecule has 0 aliphatic heterocycles. The van der Waals surface area contributed by atoms with Gasteiger partial charge in [-0.05, 0) is 45.6 Å². The van der Waals surface area contributed by atoms with Gasteiger partial charge < -0.3 is 10.1 Å². The van der Waals surface area contributed by atoms with Crippen LogP contribution in [0.5, 0.6) is 0 Å². The molecule has 21 heavy (non-hydrogen) atoms. The normalized spacial score (nSPS) is 24.8. The van der Waals surface area contributed by atoms with Crippen molar-refractivity contribution in [3.8, 4) is 0 Å². The summed E-state index contributed by atoms with van der Waals surface area (Å²) < 4.78 is 6.26. The topological polar surface area (TPSA) is 34.2 Å². The van der Waals surface area contributed by atoms with Crippen LogP contribution in [0, 0.1) is 0 Å². The number of aryl methyl sites for hydroxylation is 1. The van der Waals surface area contributed by atoms with E-state index in [0.717, 1.165) is 32.4 Å². The highest BCUT2D eigenvalue weighted by Gasteiger charge is 2.39. The first kappa shape index (κ1) is 15.4. The summed E-state index contributed by atoms with van der Waals surface area (Å²) in [6, 6.07) is 0.521. The fourth-order valence-corrected chi connectivity index (χ4v) is 5.30. The number of nitrogens with one attached hydrogen (secondary N) is 1. The summed E-state index contributed by atoms with van der Waals surface area (Å²) in [5.74, 6) is 0. The van der Waals surface area contributed by atoms with Gasteiger partial charge in [0.15, 0.2) is 0 Å². The van der Waals surface area contributed by atoms with Crippen molar-refractivity contribution in [1.29, 1.82) is 0 Å². The first-order chi connectivity index (χ1) is 10.3. The molecule has 2 aliphatic rings. The van der Waals surface area contributed by atoms with E-state index in [4.69, 9.17) is 9.72 Å². The van der Waals surface area contributed by atoms with Gasteiger partial charge in [0, 0.05) is 17.5 Å². The maximum atomic E-state index is 6.26. The molecule has 1 atom stereocenters. The molecule has 0 radical (unpaired) electrons. The van der Waals surface area contributed by atoms with Crippen molar-refractivity contribution >= 4 is 11.3 Å². The van der Waals surface area contributed by atoms with Gasteiger partial charge in [-0.2, -0.15) is 0 Å². The molecule has 1 aromatic rings. The molecule has 2 aliphatic carbocycles. The van der Waals surface area contributed by atoms with Crippen LogP contribution in [0.15, 0.2) is 0 Å². The average molecular weight is 308 g/mol. The minimum Gasteiger partial charge on any atom is -0.368 e. The summed E-state index contributed by atoms with van der Waals surface area (Å²) in [6.07, 6.45) is 9.87. The molecule has 0 bridgehead atoms. The first-order valence-corrected chi connectivity index (χ1v) is 9.48. The smallest absolute Gasteiger partial charge is 0.125 e. The molecule has 1 N–H and O–H groups in total. The molecule has 0 saturated heterocycles. The Balaban J connectivity index is 1.91. The molecule has 1 saturated carbocycles. The lowest BCUT2D eigenvalue weighted by atomic mass is 9.85. The largest absolute Gasteiger partial charge is 0.368 e. The number of aromatic nitrogens is 1. The highest BCUT2D eigenvalue weighted by atomic mass is 32.1. The Labute approximate surface area is 132 Å². The molecule has 4 heteroatoms. The van der Waals surface area contributed by atoms with Crippen molar-refractivity contribution in [3.05, 3.63) is 15.6 Å². The predicted molar refractivity (Wildman–Crippen MR) is 87.9 cm³/mol. The standard InChI is InChI=1S/C17H28N2OS/c1-3-18-13-9-8-10-14-15(13)21-16(19-14)17(20-4-2)11-6-5-7-12-17/h13,18H,3-12H2,1-2H3. The molecule has 1 aromatic heterocycles. The number of thiazole rings is 1. The lowest BCUT2D eigenvalue weighted by molar-refractivity contribution is -0.0705. The first-order valence-electron chi connectivity index (χ1n) is 8.66. The molecule has 3 rings (SSSR count). The van der Waals surface area contributed by atoms with Crippen molar-refractivity contribution in [2.24, 2.45) is 0 Å². The fourth-order valence-electron chi connectivity index (χ4n) is 3.87. The third-order valence-electron chi connectivity index (χ3n) is 4.87. The lowest BCUT2D eigenvalue weighted by Gasteiger charge is -2.35. The highest BCUT2D eigenvalue weighted by molar-refractivity contribution is 7.12. The van der Waals surface area contributed by atoms with Crippen LogP contribution in [0.4, 0.5) is 0 Å². The van der Waals surface area contributed by atoms with Crippen molar-refractivity contribution in [3.63, 3.8) is 0 Å². The van der Waals surface area contributed by atoms with Gasteiger partial charge in [-0.15, -0.1) is 11.3 Å². The maximum absolute atomic E-state index is 6.26. The monoisotopic (exact) mass is 308 g/mol. The van der Waals surface area contributed by atoms with E-state index >= 15 is 0 Å². The Morgan fingerprint density at radius 3 is 2.76 bits per heavy atom. The zero-order chi connectivity index (χ0) is 14.7. The second kappa shape index (κ2) is 6.76. The van der Waals surface area contributed by atoms with Crippen LogP contribution in [0.3, 0.4) is 0 Å².